The van der Waals surface area contributed by atoms with E-state index in [9.17, 15) is 0 Å². The van der Waals surface area contributed by atoms with Crippen LogP contribution in [0.2, 0.25) is 0 Å². The molecule has 102 valence electrons. The third-order valence-electron chi connectivity index (χ3n) is 2.82. The summed E-state index contributed by atoms with van der Waals surface area (Å²) in [6.45, 7) is 4.74. The minimum atomic E-state index is 0.280. The Kier molecular flexibility index (Phi) is 4.68. The second-order valence-corrected chi connectivity index (χ2v) is 5.16. The van der Waals surface area contributed by atoms with Gasteiger partial charge in [0.05, 0.1) is 19.8 Å². The zero-order chi connectivity index (χ0) is 13.7. The highest BCUT2D eigenvalue weighted by Gasteiger charge is 2.09. The summed E-state index contributed by atoms with van der Waals surface area (Å²) in [5.41, 5.74) is 1.03. The number of benzene rings is 1. The number of ether oxygens (including phenoxy) is 2. The first-order chi connectivity index (χ1) is 9.24. The molecule has 0 amide bonds. The minimum Gasteiger partial charge on any atom is -0.493 e. The van der Waals surface area contributed by atoms with E-state index in [2.05, 4.69) is 29.8 Å². The van der Waals surface area contributed by atoms with Gasteiger partial charge in [0.1, 0.15) is 0 Å². The van der Waals surface area contributed by atoms with Gasteiger partial charge in [-0.2, -0.15) is 0 Å². The Balaban J connectivity index is 2.12. The Morgan fingerprint density at radius 2 is 2.11 bits per heavy atom. The van der Waals surface area contributed by atoms with Crippen molar-refractivity contribution in [2.24, 2.45) is 0 Å². The zero-order valence-electron chi connectivity index (χ0n) is 11.5. The maximum absolute atomic E-state index is 5.51. The van der Waals surface area contributed by atoms with Gasteiger partial charge >= 0.3 is 0 Å². The fourth-order valence-electron chi connectivity index (χ4n) is 1.89. The van der Waals surface area contributed by atoms with E-state index >= 15 is 0 Å². The first-order valence-corrected chi connectivity index (χ1v) is 7.23. The lowest BCUT2D eigenvalue weighted by Gasteiger charge is -2.16. The predicted octanol–water partition coefficient (Wildman–Crippen LogP) is 4.33. The lowest BCUT2D eigenvalue weighted by Crippen LogP contribution is -2.05. The van der Waals surface area contributed by atoms with Gasteiger partial charge in [-0.15, -0.1) is 11.3 Å². The van der Waals surface area contributed by atoms with Crippen LogP contribution in [0.25, 0.3) is 0 Å². The quantitative estimate of drug-likeness (QED) is 0.852. The number of anilines is 1. The molecule has 0 bridgehead atoms. The topological polar surface area (TPSA) is 30.5 Å². The summed E-state index contributed by atoms with van der Waals surface area (Å²) >= 11 is 1.75. The molecule has 19 heavy (non-hydrogen) atoms. The third-order valence-corrected chi connectivity index (χ3v) is 3.87. The van der Waals surface area contributed by atoms with E-state index in [4.69, 9.17) is 9.47 Å². The van der Waals surface area contributed by atoms with E-state index in [1.165, 1.54) is 4.88 Å². The molecule has 0 spiro atoms. The highest BCUT2D eigenvalue weighted by molar-refractivity contribution is 7.10. The number of hydrogen-bond acceptors (Lipinski definition) is 4. The van der Waals surface area contributed by atoms with Crippen LogP contribution in [0.4, 0.5) is 5.69 Å². The maximum Gasteiger partial charge on any atom is 0.162 e. The SMILES string of the molecule is CCOc1ccc(NC(C)c2cccs2)cc1OC. The zero-order valence-corrected chi connectivity index (χ0v) is 12.3. The number of rotatable bonds is 6. The van der Waals surface area contributed by atoms with Gasteiger partial charge in [0.15, 0.2) is 11.5 Å². The molecule has 1 atom stereocenters. The van der Waals surface area contributed by atoms with Crippen LogP contribution in [0, 0.1) is 0 Å². The summed E-state index contributed by atoms with van der Waals surface area (Å²) in [6, 6.07) is 10.4. The molecule has 2 aromatic rings. The molecule has 0 aliphatic heterocycles. The number of thiophene rings is 1. The normalized spacial score (nSPS) is 11.9. The van der Waals surface area contributed by atoms with E-state index < -0.39 is 0 Å². The van der Waals surface area contributed by atoms with Crippen LogP contribution in [0.1, 0.15) is 24.8 Å². The Hall–Kier alpha value is -1.68. The smallest absolute Gasteiger partial charge is 0.162 e. The Labute approximate surface area is 118 Å². The van der Waals surface area contributed by atoms with Crippen LogP contribution >= 0.6 is 11.3 Å². The van der Waals surface area contributed by atoms with Crippen molar-refractivity contribution < 1.29 is 9.47 Å². The van der Waals surface area contributed by atoms with Crippen molar-refractivity contribution in [3.8, 4) is 11.5 Å². The van der Waals surface area contributed by atoms with Gasteiger partial charge in [-0.1, -0.05) is 6.07 Å². The average molecular weight is 277 g/mol. The van der Waals surface area contributed by atoms with Crippen molar-refractivity contribution in [3.63, 3.8) is 0 Å². The van der Waals surface area contributed by atoms with Crippen LogP contribution in [0.15, 0.2) is 35.7 Å². The molecular formula is C15H19NO2S. The Bertz CT molecular complexity index is 511. The van der Waals surface area contributed by atoms with Gasteiger partial charge in [0.2, 0.25) is 0 Å². The highest BCUT2D eigenvalue weighted by atomic mass is 32.1. The monoisotopic (exact) mass is 277 g/mol. The molecule has 1 heterocycles. The molecule has 1 aromatic heterocycles. The van der Waals surface area contributed by atoms with Crippen molar-refractivity contribution in [2.75, 3.05) is 19.0 Å². The lowest BCUT2D eigenvalue weighted by atomic mass is 10.2. The van der Waals surface area contributed by atoms with Gasteiger partial charge in [-0.3, -0.25) is 0 Å². The van der Waals surface area contributed by atoms with Gasteiger partial charge < -0.3 is 14.8 Å². The van der Waals surface area contributed by atoms with Crippen molar-refractivity contribution in [2.45, 2.75) is 19.9 Å². The van der Waals surface area contributed by atoms with Crippen molar-refractivity contribution in [1.82, 2.24) is 0 Å². The average Bonchev–Trinajstić information content (AvgIpc) is 2.94. The molecule has 1 N–H and O–H groups in total. The summed E-state index contributed by atoms with van der Waals surface area (Å²) in [6.07, 6.45) is 0. The molecule has 0 saturated heterocycles. The van der Waals surface area contributed by atoms with Crippen LogP contribution in [0.5, 0.6) is 11.5 Å². The second-order valence-electron chi connectivity index (χ2n) is 4.18. The highest BCUT2D eigenvalue weighted by Crippen LogP contribution is 2.32. The first kappa shape index (κ1) is 13.7. The molecule has 2 rings (SSSR count). The molecule has 0 aliphatic carbocycles. The molecule has 0 aliphatic rings. The Morgan fingerprint density at radius 1 is 1.26 bits per heavy atom. The standard InChI is InChI=1S/C15H19NO2S/c1-4-18-13-8-7-12(10-14(13)17-3)16-11(2)15-6-5-9-19-15/h5-11,16H,4H2,1-3H3. The summed E-state index contributed by atoms with van der Waals surface area (Å²) in [5, 5.41) is 5.55. The first-order valence-electron chi connectivity index (χ1n) is 6.35. The largest absolute Gasteiger partial charge is 0.493 e. The van der Waals surface area contributed by atoms with Crippen molar-refractivity contribution >= 4 is 17.0 Å². The minimum absolute atomic E-state index is 0.280. The molecule has 0 saturated carbocycles. The number of nitrogens with one attached hydrogen (secondary N) is 1. The second kappa shape index (κ2) is 6.48. The van der Waals surface area contributed by atoms with Gasteiger partial charge in [0.25, 0.3) is 0 Å². The van der Waals surface area contributed by atoms with Crippen LogP contribution in [-0.4, -0.2) is 13.7 Å². The molecule has 3 nitrogen and oxygen atoms in total. The van der Waals surface area contributed by atoms with E-state index in [1.54, 1.807) is 18.4 Å². The molecule has 1 aromatic carbocycles. The summed E-state index contributed by atoms with van der Waals surface area (Å²) in [7, 11) is 1.66. The van der Waals surface area contributed by atoms with Gasteiger partial charge in [0, 0.05) is 16.6 Å². The fraction of sp³-hybridized carbons (Fsp3) is 0.333. The summed E-state index contributed by atoms with van der Waals surface area (Å²) in [4.78, 5) is 1.31. The van der Waals surface area contributed by atoms with Crippen molar-refractivity contribution in [1.29, 1.82) is 0 Å². The Morgan fingerprint density at radius 3 is 2.74 bits per heavy atom. The summed E-state index contributed by atoms with van der Waals surface area (Å²) in [5.74, 6) is 1.53. The summed E-state index contributed by atoms with van der Waals surface area (Å²) < 4.78 is 10.9. The molecule has 0 radical (unpaired) electrons. The van der Waals surface area contributed by atoms with E-state index in [0.29, 0.717) is 6.61 Å². The molecule has 4 heteroatoms. The van der Waals surface area contributed by atoms with E-state index in [-0.39, 0.29) is 6.04 Å². The van der Waals surface area contributed by atoms with E-state index in [0.717, 1.165) is 17.2 Å². The lowest BCUT2D eigenvalue weighted by molar-refractivity contribution is 0.311. The van der Waals surface area contributed by atoms with Crippen molar-refractivity contribution in [3.05, 3.63) is 40.6 Å². The molecular weight excluding hydrogens is 258 g/mol. The number of hydrogen-bond donors (Lipinski definition) is 1. The predicted molar refractivity (Wildman–Crippen MR) is 80.5 cm³/mol. The van der Waals surface area contributed by atoms with Crippen LogP contribution in [-0.2, 0) is 0 Å². The van der Waals surface area contributed by atoms with E-state index in [1.807, 2.05) is 25.1 Å². The van der Waals surface area contributed by atoms with Gasteiger partial charge in [-0.25, -0.2) is 0 Å². The number of methoxy groups -OCH3 is 1. The molecule has 1 unspecified atom stereocenters. The van der Waals surface area contributed by atoms with Crippen LogP contribution in [0.3, 0.4) is 0 Å². The van der Waals surface area contributed by atoms with Gasteiger partial charge in [-0.05, 0) is 37.4 Å². The third kappa shape index (κ3) is 3.41. The fourth-order valence-corrected chi connectivity index (χ4v) is 2.63. The molecule has 0 fully saturated rings. The van der Waals surface area contributed by atoms with Crippen LogP contribution < -0.4 is 14.8 Å². The maximum atomic E-state index is 5.51.